The van der Waals surface area contributed by atoms with Crippen LogP contribution in [-0.2, 0) is 4.74 Å². The van der Waals surface area contributed by atoms with E-state index in [-0.39, 0.29) is 8.41 Å². The summed E-state index contributed by atoms with van der Waals surface area (Å²) in [5.41, 5.74) is 0. The van der Waals surface area contributed by atoms with Gasteiger partial charge in [0.2, 0.25) is 0 Å². The zero-order chi connectivity index (χ0) is 3.54. The summed E-state index contributed by atoms with van der Waals surface area (Å²) in [6.07, 6.45) is 4.03. The first-order valence-electron chi connectivity index (χ1n) is 1.73. The Morgan fingerprint density at radius 3 is 1.83 bits per heavy atom. The molecular formula is C4H6BO. The van der Waals surface area contributed by atoms with Crippen LogP contribution in [0.25, 0.3) is 0 Å². The van der Waals surface area contributed by atoms with Crippen LogP contribution in [0.4, 0.5) is 0 Å². The Labute approximate surface area is 39.6 Å². The molecule has 0 atom stereocenters. The van der Waals surface area contributed by atoms with Crippen molar-refractivity contribution in [2.75, 3.05) is 13.2 Å². The summed E-state index contributed by atoms with van der Waals surface area (Å²) in [6.45, 7) is 1.64. The Morgan fingerprint density at radius 2 is 1.67 bits per heavy atom. The molecule has 1 rings (SSSR count). The first-order chi connectivity index (χ1) is 2.50. The van der Waals surface area contributed by atoms with Gasteiger partial charge >= 0.3 is 0 Å². The molecule has 2 heteroatoms. The third kappa shape index (κ3) is 1.27. The van der Waals surface area contributed by atoms with E-state index in [1.807, 2.05) is 12.2 Å². The van der Waals surface area contributed by atoms with Crippen LogP contribution in [0.2, 0.25) is 0 Å². The molecule has 0 fully saturated rings. The lowest BCUT2D eigenvalue weighted by molar-refractivity contribution is 0.213. The van der Waals surface area contributed by atoms with Crippen molar-refractivity contribution in [1.29, 1.82) is 0 Å². The predicted molar refractivity (Wildman–Crippen MR) is 25.7 cm³/mol. The number of hydrogen-bond donors (Lipinski definition) is 0. The molecule has 0 aromatic rings. The van der Waals surface area contributed by atoms with Crippen molar-refractivity contribution >= 4 is 8.41 Å². The van der Waals surface area contributed by atoms with Crippen molar-refractivity contribution < 1.29 is 4.74 Å². The van der Waals surface area contributed by atoms with Gasteiger partial charge in [0.15, 0.2) is 0 Å². The topological polar surface area (TPSA) is 9.23 Å². The maximum atomic E-state index is 4.83. The first kappa shape index (κ1) is 5.76. The third-order valence-electron chi connectivity index (χ3n) is 0.595. The van der Waals surface area contributed by atoms with Crippen molar-refractivity contribution in [3.63, 3.8) is 0 Å². The van der Waals surface area contributed by atoms with Crippen LogP contribution in [-0.4, -0.2) is 21.6 Å². The molecule has 1 aliphatic heterocycles. The lowest BCUT2D eigenvalue weighted by Gasteiger charge is -1.77. The molecule has 0 saturated carbocycles. The second kappa shape index (κ2) is 2.97. The molecule has 0 N–H and O–H groups in total. The van der Waals surface area contributed by atoms with Crippen LogP contribution in [0.5, 0.6) is 0 Å². The minimum absolute atomic E-state index is 0. The molecule has 3 radical (unpaired) electrons. The van der Waals surface area contributed by atoms with Crippen LogP contribution in [0, 0.1) is 0 Å². The summed E-state index contributed by atoms with van der Waals surface area (Å²) >= 11 is 0. The molecule has 0 spiro atoms. The van der Waals surface area contributed by atoms with Crippen LogP contribution in [0.3, 0.4) is 0 Å². The van der Waals surface area contributed by atoms with Gasteiger partial charge in [-0.3, -0.25) is 0 Å². The molecule has 0 unspecified atom stereocenters. The van der Waals surface area contributed by atoms with E-state index in [9.17, 15) is 0 Å². The summed E-state index contributed by atoms with van der Waals surface area (Å²) in [5.74, 6) is 0. The smallest absolute Gasteiger partial charge is 0.0652 e. The summed E-state index contributed by atoms with van der Waals surface area (Å²) in [4.78, 5) is 0. The maximum absolute atomic E-state index is 4.83. The van der Waals surface area contributed by atoms with Gasteiger partial charge < -0.3 is 4.74 Å². The maximum Gasteiger partial charge on any atom is 0.0652 e. The molecule has 31 valence electrons. The Balaban J connectivity index is 0.000000250. The van der Waals surface area contributed by atoms with Crippen molar-refractivity contribution in [3.05, 3.63) is 12.2 Å². The van der Waals surface area contributed by atoms with Crippen molar-refractivity contribution in [3.8, 4) is 0 Å². The molecule has 0 amide bonds. The molecule has 1 heterocycles. The summed E-state index contributed by atoms with van der Waals surface area (Å²) in [6, 6.07) is 0. The quantitative estimate of drug-likeness (QED) is 0.298. The number of ether oxygens (including phenoxy) is 1. The third-order valence-corrected chi connectivity index (χ3v) is 0.595. The van der Waals surface area contributed by atoms with E-state index >= 15 is 0 Å². The second-order valence-corrected chi connectivity index (χ2v) is 1.01. The summed E-state index contributed by atoms with van der Waals surface area (Å²) < 4.78 is 4.83. The van der Waals surface area contributed by atoms with Crippen LogP contribution < -0.4 is 0 Å². The van der Waals surface area contributed by atoms with Crippen LogP contribution in [0.1, 0.15) is 0 Å². The highest BCUT2D eigenvalue weighted by atomic mass is 16.5. The average Bonchev–Trinajstić information content (AvgIpc) is 1.76. The van der Waals surface area contributed by atoms with E-state index in [4.69, 9.17) is 4.74 Å². The average molecular weight is 80.9 g/mol. The van der Waals surface area contributed by atoms with Crippen molar-refractivity contribution in [1.82, 2.24) is 0 Å². The minimum Gasteiger partial charge on any atom is -0.373 e. The van der Waals surface area contributed by atoms with Gasteiger partial charge in [-0.2, -0.15) is 0 Å². The van der Waals surface area contributed by atoms with Crippen molar-refractivity contribution in [2.45, 2.75) is 0 Å². The van der Waals surface area contributed by atoms with E-state index in [1.165, 1.54) is 0 Å². The van der Waals surface area contributed by atoms with E-state index in [0.717, 1.165) is 13.2 Å². The molecule has 0 aliphatic carbocycles. The fraction of sp³-hybridized carbons (Fsp3) is 0.500. The molecule has 0 bridgehead atoms. The van der Waals surface area contributed by atoms with Crippen molar-refractivity contribution in [2.24, 2.45) is 0 Å². The SMILES string of the molecule is C1=CCOC1.[B]. The molecule has 0 aromatic heterocycles. The van der Waals surface area contributed by atoms with Gasteiger partial charge in [0.05, 0.1) is 13.2 Å². The highest BCUT2D eigenvalue weighted by Gasteiger charge is 1.83. The van der Waals surface area contributed by atoms with Gasteiger partial charge in [-0.05, 0) is 0 Å². The highest BCUT2D eigenvalue weighted by molar-refractivity contribution is 5.75. The van der Waals surface area contributed by atoms with Gasteiger partial charge in [-0.1, -0.05) is 12.2 Å². The fourth-order valence-corrected chi connectivity index (χ4v) is 0.340. The fourth-order valence-electron chi connectivity index (χ4n) is 0.340. The zero-order valence-corrected chi connectivity index (χ0v) is 3.55. The number of rotatable bonds is 0. The molecule has 6 heavy (non-hydrogen) atoms. The second-order valence-electron chi connectivity index (χ2n) is 1.01. The Hall–Kier alpha value is -0.235. The molecule has 1 nitrogen and oxygen atoms in total. The highest BCUT2D eigenvalue weighted by Crippen LogP contribution is 1.85. The van der Waals surface area contributed by atoms with E-state index in [0.29, 0.717) is 0 Å². The molecular weight excluding hydrogens is 74.9 g/mol. The lowest BCUT2D eigenvalue weighted by Crippen LogP contribution is -1.76. The summed E-state index contributed by atoms with van der Waals surface area (Å²) in [5, 5.41) is 0. The normalized spacial score (nSPS) is 17.3. The Bertz CT molecular complexity index is 45.5. The summed E-state index contributed by atoms with van der Waals surface area (Å²) in [7, 11) is 0. The van der Waals surface area contributed by atoms with Gasteiger partial charge in [0.25, 0.3) is 0 Å². The largest absolute Gasteiger partial charge is 0.373 e. The Kier molecular flexibility index (Phi) is 2.86. The van der Waals surface area contributed by atoms with E-state index in [2.05, 4.69) is 0 Å². The standard InChI is InChI=1S/C4H6O.B/c1-2-4-5-3-1;/h1-2H,3-4H2;. The molecule has 1 aliphatic rings. The zero-order valence-electron chi connectivity index (χ0n) is 3.55. The first-order valence-corrected chi connectivity index (χ1v) is 1.73. The van der Waals surface area contributed by atoms with Gasteiger partial charge in [-0.15, -0.1) is 0 Å². The Morgan fingerprint density at radius 1 is 1.17 bits per heavy atom. The number of hydrogen-bond acceptors (Lipinski definition) is 1. The van der Waals surface area contributed by atoms with Gasteiger partial charge in [-0.25, -0.2) is 0 Å². The molecule has 0 saturated heterocycles. The lowest BCUT2D eigenvalue weighted by atomic mass is 10.6. The van der Waals surface area contributed by atoms with Crippen LogP contribution in [0.15, 0.2) is 12.2 Å². The van der Waals surface area contributed by atoms with E-state index < -0.39 is 0 Å². The van der Waals surface area contributed by atoms with Crippen LogP contribution >= 0.6 is 0 Å². The van der Waals surface area contributed by atoms with E-state index in [1.54, 1.807) is 0 Å². The molecule has 0 aromatic carbocycles. The predicted octanol–water partition coefficient (Wildman–Crippen LogP) is 0.192. The van der Waals surface area contributed by atoms with Gasteiger partial charge in [0.1, 0.15) is 0 Å². The minimum atomic E-state index is 0. The van der Waals surface area contributed by atoms with Gasteiger partial charge in [0, 0.05) is 8.41 Å². The monoisotopic (exact) mass is 81.1 g/mol.